The first-order valence-corrected chi connectivity index (χ1v) is 5.85. The fourth-order valence-corrected chi connectivity index (χ4v) is 1.88. The van der Waals surface area contributed by atoms with Gasteiger partial charge in [-0.15, -0.1) is 0 Å². The van der Waals surface area contributed by atoms with Crippen molar-refractivity contribution in [3.05, 3.63) is 36.0 Å². The molecule has 1 aliphatic heterocycles. The van der Waals surface area contributed by atoms with E-state index in [2.05, 4.69) is 10.3 Å². The molecule has 5 N–H and O–H groups in total. The predicted molar refractivity (Wildman–Crippen MR) is 73.0 cm³/mol. The van der Waals surface area contributed by atoms with Crippen LogP contribution in [-0.2, 0) is 0 Å². The zero-order valence-corrected chi connectivity index (χ0v) is 10.4. The number of rotatable bonds is 3. The SMILES string of the molecule is NC(=O)c1cc(N)cnc1Nc1ccc2c(c1)OCO2. The van der Waals surface area contributed by atoms with Crippen LogP contribution in [0.25, 0.3) is 0 Å². The molecule has 7 heteroatoms. The minimum absolute atomic E-state index is 0.200. The summed E-state index contributed by atoms with van der Waals surface area (Å²) in [5.74, 6) is 1.04. The normalized spacial score (nSPS) is 12.2. The van der Waals surface area contributed by atoms with Crippen molar-refractivity contribution in [2.24, 2.45) is 5.73 Å². The lowest BCUT2D eigenvalue weighted by molar-refractivity contribution is 0.100. The van der Waals surface area contributed by atoms with Gasteiger partial charge in [0.25, 0.3) is 5.91 Å². The first-order valence-electron chi connectivity index (χ1n) is 5.85. The standard InChI is InChI=1S/C13H12N4O3/c14-7-3-9(12(15)18)13(16-5-7)17-8-1-2-10-11(4-8)20-6-19-10/h1-5H,6,14H2,(H2,15,18)(H,16,17). The van der Waals surface area contributed by atoms with Crippen LogP contribution in [0.5, 0.6) is 11.5 Å². The molecule has 0 saturated heterocycles. The van der Waals surface area contributed by atoms with Crippen LogP contribution < -0.4 is 26.3 Å². The molecule has 3 rings (SSSR count). The van der Waals surface area contributed by atoms with Crippen LogP contribution in [0.2, 0.25) is 0 Å². The first-order chi connectivity index (χ1) is 9.63. The van der Waals surface area contributed by atoms with Crippen molar-refractivity contribution >= 4 is 23.1 Å². The maximum atomic E-state index is 11.4. The number of pyridine rings is 1. The van der Waals surface area contributed by atoms with Gasteiger partial charge in [-0.3, -0.25) is 4.79 Å². The Labute approximate surface area is 114 Å². The van der Waals surface area contributed by atoms with Crippen molar-refractivity contribution in [1.29, 1.82) is 0 Å². The number of nitrogens with one attached hydrogen (secondary N) is 1. The molecule has 0 saturated carbocycles. The summed E-state index contributed by atoms with van der Waals surface area (Å²) in [6, 6.07) is 6.79. The number of hydrogen-bond donors (Lipinski definition) is 3. The zero-order valence-electron chi connectivity index (χ0n) is 10.4. The van der Waals surface area contributed by atoms with Crippen LogP contribution in [0.1, 0.15) is 10.4 Å². The summed E-state index contributed by atoms with van der Waals surface area (Å²) in [5, 5.41) is 3.01. The number of ether oxygens (including phenoxy) is 2. The van der Waals surface area contributed by atoms with Crippen molar-refractivity contribution in [2.75, 3.05) is 17.8 Å². The summed E-state index contributed by atoms with van der Waals surface area (Å²) < 4.78 is 10.5. The highest BCUT2D eigenvalue weighted by atomic mass is 16.7. The molecule has 0 spiro atoms. The van der Waals surface area contributed by atoms with E-state index in [1.54, 1.807) is 18.2 Å². The number of hydrogen-bond acceptors (Lipinski definition) is 6. The Bertz CT molecular complexity index is 687. The second kappa shape index (κ2) is 4.61. The highest BCUT2D eigenvalue weighted by Crippen LogP contribution is 2.35. The summed E-state index contributed by atoms with van der Waals surface area (Å²) in [5.41, 5.74) is 12.2. The minimum Gasteiger partial charge on any atom is -0.454 e. The number of anilines is 3. The predicted octanol–water partition coefficient (Wildman–Crippen LogP) is 1.23. The van der Waals surface area contributed by atoms with Crippen LogP contribution in [0.15, 0.2) is 30.5 Å². The molecule has 7 nitrogen and oxygen atoms in total. The Balaban J connectivity index is 1.93. The second-order valence-electron chi connectivity index (χ2n) is 4.22. The van der Waals surface area contributed by atoms with E-state index >= 15 is 0 Å². The molecular formula is C13H12N4O3. The summed E-state index contributed by atoms with van der Waals surface area (Å²) in [6.07, 6.45) is 1.45. The van der Waals surface area contributed by atoms with Crippen molar-refractivity contribution in [1.82, 2.24) is 4.98 Å². The smallest absolute Gasteiger partial charge is 0.252 e. The van der Waals surface area contributed by atoms with E-state index in [0.29, 0.717) is 28.7 Å². The molecule has 0 atom stereocenters. The lowest BCUT2D eigenvalue weighted by Gasteiger charge is -2.10. The van der Waals surface area contributed by atoms with E-state index in [1.165, 1.54) is 12.3 Å². The van der Waals surface area contributed by atoms with E-state index in [0.717, 1.165) is 0 Å². The molecule has 1 aliphatic rings. The number of nitrogens with zero attached hydrogens (tertiary/aromatic N) is 1. The molecular weight excluding hydrogens is 260 g/mol. The third kappa shape index (κ3) is 2.16. The molecule has 2 heterocycles. The third-order valence-corrected chi connectivity index (χ3v) is 2.81. The minimum atomic E-state index is -0.604. The van der Waals surface area contributed by atoms with Gasteiger partial charge in [0.2, 0.25) is 6.79 Å². The van der Waals surface area contributed by atoms with Crippen LogP contribution in [0.3, 0.4) is 0 Å². The average molecular weight is 272 g/mol. The molecule has 0 unspecified atom stereocenters. The number of amides is 1. The fourth-order valence-electron chi connectivity index (χ4n) is 1.88. The molecule has 1 amide bonds. The largest absolute Gasteiger partial charge is 0.454 e. The van der Waals surface area contributed by atoms with Gasteiger partial charge in [-0.1, -0.05) is 0 Å². The van der Waals surface area contributed by atoms with Gasteiger partial charge in [0, 0.05) is 11.8 Å². The van der Waals surface area contributed by atoms with E-state index in [-0.39, 0.29) is 12.4 Å². The lowest BCUT2D eigenvalue weighted by atomic mass is 10.2. The number of fused-ring (bicyclic) bond motifs is 1. The zero-order chi connectivity index (χ0) is 14.1. The molecule has 2 aromatic rings. The Kier molecular flexibility index (Phi) is 2.79. The fraction of sp³-hybridized carbons (Fsp3) is 0.0769. The Morgan fingerprint density at radius 1 is 1.25 bits per heavy atom. The van der Waals surface area contributed by atoms with Crippen LogP contribution in [0, 0.1) is 0 Å². The number of primary amides is 1. The monoisotopic (exact) mass is 272 g/mol. The van der Waals surface area contributed by atoms with Gasteiger partial charge < -0.3 is 26.3 Å². The number of benzene rings is 1. The summed E-state index contributed by atoms with van der Waals surface area (Å²) in [7, 11) is 0. The average Bonchev–Trinajstić information content (AvgIpc) is 2.88. The molecule has 0 bridgehead atoms. The van der Waals surface area contributed by atoms with E-state index < -0.39 is 5.91 Å². The molecule has 1 aromatic carbocycles. The highest BCUT2D eigenvalue weighted by molar-refractivity contribution is 5.99. The quantitative estimate of drug-likeness (QED) is 0.774. The van der Waals surface area contributed by atoms with Crippen molar-refractivity contribution < 1.29 is 14.3 Å². The lowest BCUT2D eigenvalue weighted by Crippen LogP contribution is -2.14. The van der Waals surface area contributed by atoms with Gasteiger partial charge in [-0.25, -0.2) is 4.98 Å². The first kappa shape index (κ1) is 12.1. The summed E-state index contributed by atoms with van der Waals surface area (Å²) >= 11 is 0. The summed E-state index contributed by atoms with van der Waals surface area (Å²) in [6.45, 7) is 0.200. The van der Waals surface area contributed by atoms with E-state index in [9.17, 15) is 4.79 Å². The Morgan fingerprint density at radius 2 is 2.05 bits per heavy atom. The van der Waals surface area contributed by atoms with Gasteiger partial charge in [-0.05, 0) is 18.2 Å². The molecule has 0 aliphatic carbocycles. The maximum absolute atomic E-state index is 11.4. The Morgan fingerprint density at radius 3 is 2.85 bits per heavy atom. The van der Waals surface area contributed by atoms with E-state index in [1.807, 2.05) is 0 Å². The maximum Gasteiger partial charge on any atom is 0.252 e. The molecule has 0 fully saturated rings. The number of nitrogens with two attached hydrogens (primary N) is 2. The topological polar surface area (TPSA) is 112 Å². The number of aromatic nitrogens is 1. The van der Waals surface area contributed by atoms with Gasteiger partial charge >= 0.3 is 0 Å². The third-order valence-electron chi connectivity index (χ3n) is 2.81. The van der Waals surface area contributed by atoms with Gasteiger partial charge in [0.15, 0.2) is 11.5 Å². The summed E-state index contributed by atoms with van der Waals surface area (Å²) in [4.78, 5) is 15.5. The number of nitrogen functional groups attached to an aromatic ring is 1. The highest BCUT2D eigenvalue weighted by Gasteiger charge is 2.15. The van der Waals surface area contributed by atoms with Gasteiger partial charge in [0.05, 0.1) is 17.4 Å². The second-order valence-corrected chi connectivity index (χ2v) is 4.22. The molecule has 102 valence electrons. The molecule has 0 radical (unpaired) electrons. The van der Waals surface area contributed by atoms with Crippen molar-refractivity contribution in [2.45, 2.75) is 0 Å². The van der Waals surface area contributed by atoms with Crippen molar-refractivity contribution in [3.8, 4) is 11.5 Å². The van der Waals surface area contributed by atoms with Crippen LogP contribution in [-0.4, -0.2) is 17.7 Å². The van der Waals surface area contributed by atoms with Crippen LogP contribution in [0.4, 0.5) is 17.2 Å². The van der Waals surface area contributed by atoms with Gasteiger partial charge in [-0.2, -0.15) is 0 Å². The Hall–Kier alpha value is -2.96. The van der Waals surface area contributed by atoms with Crippen molar-refractivity contribution in [3.63, 3.8) is 0 Å². The van der Waals surface area contributed by atoms with Gasteiger partial charge in [0.1, 0.15) is 5.82 Å². The number of carbonyl (C=O) groups is 1. The van der Waals surface area contributed by atoms with E-state index in [4.69, 9.17) is 20.9 Å². The molecule has 20 heavy (non-hydrogen) atoms. The van der Waals surface area contributed by atoms with Crippen LogP contribution >= 0.6 is 0 Å². The number of carbonyl (C=O) groups excluding carboxylic acids is 1. The molecule has 1 aromatic heterocycles.